The second-order valence-corrected chi connectivity index (χ2v) is 4.09. The van der Waals surface area contributed by atoms with Crippen molar-refractivity contribution >= 4 is 5.90 Å². The van der Waals surface area contributed by atoms with Crippen LogP contribution in [0.2, 0.25) is 0 Å². The summed E-state index contributed by atoms with van der Waals surface area (Å²) in [5, 5.41) is 0. The third-order valence-corrected chi connectivity index (χ3v) is 2.70. The van der Waals surface area contributed by atoms with Gasteiger partial charge in [-0.2, -0.15) is 13.2 Å². The van der Waals surface area contributed by atoms with Crippen LogP contribution in [0.3, 0.4) is 0 Å². The van der Waals surface area contributed by atoms with E-state index in [4.69, 9.17) is 10.5 Å². The van der Waals surface area contributed by atoms with Gasteiger partial charge in [-0.15, -0.1) is 0 Å². The fourth-order valence-corrected chi connectivity index (χ4v) is 1.79. The molecular weight excluding hydrogens is 245 g/mol. The van der Waals surface area contributed by atoms with Gasteiger partial charge < -0.3 is 10.5 Å². The van der Waals surface area contributed by atoms with Gasteiger partial charge in [0.25, 0.3) is 0 Å². The van der Waals surface area contributed by atoms with Gasteiger partial charge in [0.1, 0.15) is 6.61 Å². The number of nitrogens with zero attached hydrogens (tertiary/aromatic N) is 1. The first-order chi connectivity index (χ1) is 8.49. The number of hydrogen-bond acceptors (Lipinski definition) is 3. The standard InChI is InChI=1S/C12H13F3N2O/c13-12(14,15)9-3-1-8(2-4-9)5-10-7-18-11(6-16)17-10/h1-4,10H,5-7,16H2. The lowest BCUT2D eigenvalue weighted by Crippen LogP contribution is -2.13. The molecule has 0 spiro atoms. The van der Waals surface area contributed by atoms with E-state index >= 15 is 0 Å². The lowest BCUT2D eigenvalue weighted by atomic mass is 10.0. The molecule has 1 aromatic carbocycles. The molecule has 0 aromatic heterocycles. The summed E-state index contributed by atoms with van der Waals surface area (Å²) in [5.74, 6) is 0.506. The van der Waals surface area contributed by atoms with Crippen LogP contribution in [0.4, 0.5) is 13.2 Å². The van der Waals surface area contributed by atoms with Crippen molar-refractivity contribution < 1.29 is 17.9 Å². The first-order valence-electron chi connectivity index (χ1n) is 5.54. The third-order valence-electron chi connectivity index (χ3n) is 2.70. The summed E-state index contributed by atoms with van der Waals surface area (Å²) in [5.41, 5.74) is 5.54. The smallest absolute Gasteiger partial charge is 0.416 e. The van der Waals surface area contributed by atoms with Crippen LogP contribution in [0.15, 0.2) is 29.3 Å². The summed E-state index contributed by atoms with van der Waals surface area (Å²) in [6, 6.07) is 5.05. The topological polar surface area (TPSA) is 47.6 Å². The van der Waals surface area contributed by atoms with E-state index in [-0.39, 0.29) is 12.6 Å². The molecule has 0 saturated heterocycles. The van der Waals surface area contributed by atoms with E-state index in [1.54, 1.807) is 0 Å². The minimum atomic E-state index is -4.29. The van der Waals surface area contributed by atoms with E-state index in [1.165, 1.54) is 12.1 Å². The molecule has 1 atom stereocenters. The highest BCUT2D eigenvalue weighted by Crippen LogP contribution is 2.29. The second kappa shape index (κ2) is 4.97. The minimum Gasteiger partial charge on any atom is -0.478 e. The number of rotatable bonds is 3. The number of ether oxygens (including phenoxy) is 1. The van der Waals surface area contributed by atoms with E-state index in [2.05, 4.69) is 4.99 Å². The predicted molar refractivity (Wildman–Crippen MR) is 61.4 cm³/mol. The molecule has 2 N–H and O–H groups in total. The van der Waals surface area contributed by atoms with Crippen LogP contribution in [0.25, 0.3) is 0 Å². The van der Waals surface area contributed by atoms with Crippen molar-refractivity contribution in [2.24, 2.45) is 10.7 Å². The average Bonchev–Trinajstić information content (AvgIpc) is 2.76. The third kappa shape index (κ3) is 3.01. The molecule has 2 rings (SSSR count). The predicted octanol–water partition coefficient (Wildman–Crippen LogP) is 2.00. The van der Waals surface area contributed by atoms with Crippen molar-refractivity contribution in [2.45, 2.75) is 18.6 Å². The zero-order valence-corrected chi connectivity index (χ0v) is 9.57. The van der Waals surface area contributed by atoms with Crippen LogP contribution in [-0.4, -0.2) is 25.1 Å². The van der Waals surface area contributed by atoms with Crippen LogP contribution in [0.1, 0.15) is 11.1 Å². The van der Waals surface area contributed by atoms with Gasteiger partial charge in [0.05, 0.1) is 18.2 Å². The Balaban J connectivity index is 2.01. The summed E-state index contributed by atoms with van der Waals surface area (Å²) in [6.45, 7) is 0.692. The Kier molecular flexibility index (Phi) is 3.56. The lowest BCUT2D eigenvalue weighted by Gasteiger charge is -2.08. The van der Waals surface area contributed by atoms with Crippen molar-refractivity contribution in [1.29, 1.82) is 0 Å². The van der Waals surface area contributed by atoms with Crippen LogP contribution in [0, 0.1) is 0 Å². The summed E-state index contributed by atoms with van der Waals surface area (Å²) >= 11 is 0. The molecule has 0 amide bonds. The molecule has 3 nitrogen and oxygen atoms in total. The van der Waals surface area contributed by atoms with Gasteiger partial charge in [-0.05, 0) is 24.1 Å². The highest BCUT2D eigenvalue weighted by Gasteiger charge is 2.30. The Morgan fingerprint density at radius 1 is 1.28 bits per heavy atom. The van der Waals surface area contributed by atoms with E-state index in [0.29, 0.717) is 18.9 Å². The maximum Gasteiger partial charge on any atom is 0.416 e. The molecule has 1 aliphatic rings. The minimum absolute atomic E-state index is 0.0553. The molecule has 6 heteroatoms. The molecule has 0 fully saturated rings. The fraction of sp³-hybridized carbons (Fsp3) is 0.417. The normalized spacial score (nSPS) is 19.6. The number of alkyl halides is 3. The quantitative estimate of drug-likeness (QED) is 0.901. The molecular formula is C12H13F3N2O. The first-order valence-corrected chi connectivity index (χ1v) is 5.54. The van der Waals surface area contributed by atoms with E-state index in [9.17, 15) is 13.2 Å². The average molecular weight is 258 g/mol. The van der Waals surface area contributed by atoms with E-state index < -0.39 is 11.7 Å². The zero-order valence-electron chi connectivity index (χ0n) is 9.57. The van der Waals surface area contributed by atoms with Gasteiger partial charge in [-0.25, -0.2) is 4.99 Å². The van der Waals surface area contributed by atoms with Crippen molar-refractivity contribution in [3.8, 4) is 0 Å². The van der Waals surface area contributed by atoms with Gasteiger partial charge in [0, 0.05) is 0 Å². The number of halogens is 3. The van der Waals surface area contributed by atoms with Gasteiger partial charge in [-0.1, -0.05) is 12.1 Å². The number of hydrogen-bond donors (Lipinski definition) is 1. The van der Waals surface area contributed by atoms with E-state index in [1.807, 2.05) is 0 Å². The van der Waals surface area contributed by atoms with Crippen molar-refractivity contribution in [3.05, 3.63) is 35.4 Å². The second-order valence-electron chi connectivity index (χ2n) is 4.09. The molecule has 1 aliphatic heterocycles. The molecule has 0 bridgehead atoms. The molecule has 0 radical (unpaired) electrons. The SMILES string of the molecule is NCC1=NC(Cc2ccc(C(F)(F)F)cc2)CO1. The van der Waals surface area contributed by atoms with Crippen LogP contribution < -0.4 is 5.73 Å². The zero-order chi connectivity index (χ0) is 13.2. The molecule has 1 unspecified atom stereocenters. The summed E-state index contributed by atoms with van der Waals surface area (Å²) in [4.78, 5) is 4.22. The Morgan fingerprint density at radius 3 is 2.44 bits per heavy atom. The molecule has 0 aliphatic carbocycles. The van der Waals surface area contributed by atoms with Gasteiger partial charge >= 0.3 is 6.18 Å². The highest BCUT2D eigenvalue weighted by atomic mass is 19.4. The van der Waals surface area contributed by atoms with Gasteiger partial charge in [0.2, 0.25) is 0 Å². The Bertz CT molecular complexity index is 440. The number of nitrogens with two attached hydrogens (primary N) is 1. The molecule has 1 aromatic rings. The molecule has 18 heavy (non-hydrogen) atoms. The van der Waals surface area contributed by atoms with Crippen LogP contribution in [0.5, 0.6) is 0 Å². The van der Waals surface area contributed by atoms with Gasteiger partial charge in [-0.3, -0.25) is 0 Å². The van der Waals surface area contributed by atoms with Crippen molar-refractivity contribution in [3.63, 3.8) is 0 Å². The summed E-state index contributed by atoms with van der Waals surface area (Å²) in [7, 11) is 0. The van der Waals surface area contributed by atoms with Crippen LogP contribution in [-0.2, 0) is 17.3 Å². The Labute approximate surface area is 102 Å². The monoisotopic (exact) mass is 258 g/mol. The van der Waals surface area contributed by atoms with Crippen molar-refractivity contribution in [1.82, 2.24) is 0 Å². The van der Waals surface area contributed by atoms with E-state index in [0.717, 1.165) is 17.7 Å². The largest absolute Gasteiger partial charge is 0.478 e. The Morgan fingerprint density at radius 2 is 1.94 bits per heavy atom. The van der Waals surface area contributed by atoms with Crippen LogP contribution >= 0.6 is 0 Å². The first kappa shape index (κ1) is 12.9. The summed E-state index contributed by atoms with van der Waals surface area (Å²) in [6.07, 6.45) is -3.73. The molecule has 98 valence electrons. The lowest BCUT2D eigenvalue weighted by molar-refractivity contribution is -0.137. The fourth-order valence-electron chi connectivity index (χ4n) is 1.79. The number of aliphatic imine (C=N–C) groups is 1. The van der Waals surface area contributed by atoms with Gasteiger partial charge in [0.15, 0.2) is 5.90 Å². The maximum atomic E-state index is 12.4. The Hall–Kier alpha value is -1.56. The summed E-state index contributed by atoms with van der Waals surface area (Å²) < 4.78 is 42.3. The molecule has 1 heterocycles. The number of benzene rings is 1. The highest BCUT2D eigenvalue weighted by molar-refractivity contribution is 5.79. The molecule has 0 saturated carbocycles. The van der Waals surface area contributed by atoms with Crippen molar-refractivity contribution in [2.75, 3.05) is 13.2 Å². The maximum absolute atomic E-state index is 12.4.